The zero-order valence-corrected chi connectivity index (χ0v) is 17.8. The van der Waals surface area contributed by atoms with Crippen LogP contribution in [0.5, 0.6) is 5.75 Å². The predicted octanol–water partition coefficient (Wildman–Crippen LogP) is 2.70. The second-order valence-corrected chi connectivity index (χ2v) is 9.53. The van der Waals surface area contributed by atoms with Crippen LogP contribution < -0.4 is 4.74 Å². The third kappa shape index (κ3) is 3.75. The van der Waals surface area contributed by atoms with Crippen LogP contribution in [0.15, 0.2) is 47.4 Å². The molecule has 1 aliphatic rings. The van der Waals surface area contributed by atoms with Gasteiger partial charge in [-0.1, -0.05) is 18.2 Å². The van der Waals surface area contributed by atoms with E-state index in [1.807, 2.05) is 24.3 Å². The molecule has 4 rings (SSSR count). The minimum Gasteiger partial charge on any atom is -0.492 e. The highest BCUT2D eigenvalue weighted by Crippen LogP contribution is 2.26. The van der Waals surface area contributed by atoms with E-state index in [1.54, 1.807) is 12.1 Å². The van der Waals surface area contributed by atoms with Gasteiger partial charge in [0.2, 0.25) is 10.0 Å². The summed E-state index contributed by atoms with van der Waals surface area (Å²) in [6.45, 7) is 5.76. The summed E-state index contributed by atoms with van der Waals surface area (Å²) in [7, 11) is -0.414. The van der Waals surface area contributed by atoms with Gasteiger partial charge in [0.25, 0.3) is 0 Å². The van der Waals surface area contributed by atoms with Gasteiger partial charge in [0.1, 0.15) is 18.2 Å². The van der Waals surface area contributed by atoms with Crippen molar-refractivity contribution in [2.24, 2.45) is 0 Å². The predicted molar refractivity (Wildman–Crippen MR) is 112 cm³/mol. The zero-order chi connectivity index (χ0) is 20.6. The van der Waals surface area contributed by atoms with E-state index in [2.05, 4.69) is 22.5 Å². The Morgan fingerprint density at radius 1 is 1.17 bits per heavy atom. The van der Waals surface area contributed by atoms with Crippen LogP contribution in [0.2, 0.25) is 0 Å². The van der Waals surface area contributed by atoms with E-state index < -0.39 is 10.0 Å². The third-order valence-corrected chi connectivity index (χ3v) is 7.10. The van der Waals surface area contributed by atoms with Crippen molar-refractivity contribution in [1.82, 2.24) is 18.8 Å². The maximum Gasteiger partial charge on any atom is 0.242 e. The van der Waals surface area contributed by atoms with Gasteiger partial charge in [0.15, 0.2) is 0 Å². The summed E-state index contributed by atoms with van der Waals surface area (Å²) < 4.78 is 34.2. The van der Waals surface area contributed by atoms with Gasteiger partial charge in [-0.05, 0) is 31.2 Å². The Hall–Kier alpha value is -2.42. The highest BCUT2D eigenvalue weighted by Gasteiger charge is 2.21. The summed E-state index contributed by atoms with van der Waals surface area (Å²) in [6.07, 6.45) is 0. The first kappa shape index (κ1) is 19.9. The quantitative estimate of drug-likeness (QED) is 0.642. The lowest BCUT2D eigenvalue weighted by Gasteiger charge is -2.19. The Bertz CT molecular complexity index is 1140. The minimum atomic E-state index is -3.49. The van der Waals surface area contributed by atoms with Crippen LogP contribution in [0.4, 0.5) is 0 Å². The van der Waals surface area contributed by atoms with Crippen molar-refractivity contribution in [3.8, 4) is 5.75 Å². The van der Waals surface area contributed by atoms with Gasteiger partial charge in [-0.15, -0.1) is 0 Å². The van der Waals surface area contributed by atoms with Crippen LogP contribution in [-0.2, 0) is 29.7 Å². The van der Waals surface area contributed by atoms with Crippen molar-refractivity contribution < 1.29 is 13.2 Å². The number of ether oxygens (including phenoxy) is 1. The number of fused-ring (bicyclic) bond motifs is 2. The number of sulfonamides is 1. The topological polar surface area (TPSA) is 67.7 Å². The second kappa shape index (κ2) is 7.78. The maximum absolute atomic E-state index is 12.5. The van der Waals surface area contributed by atoms with Gasteiger partial charge in [-0.25, -0.2) is 17.7 Å². The van der Waals surface area contributed by atoms with E-state index >= 15 is 0 Å². The minimum absolute atomic E-state index is 0.263. The fraction of sp³-hybridized carbons (Fsp3) is 0.381. The smallest absolute Gasteiger partial charge is 0.242 e. The SMILES string of the molecule is CCn1c(CN2CCOc3ccccc3C2)nc2cc(S(=O)(=O)N(C)C)ccc21. The summed E-state index contributed by atoms with van der Waals surface area (Å²) in [4.78, 5) is 7.37. The van der Waals surface area contributed by atoms with Gasteiger partial charge < -0.3 is 9.30 Å². The first-order valence-electron chi connectivity index (χ1n) is 9.75. The van der Waals surface area contributed by atoms with Gasteiger partial charge in [0.05, 0.1) is 22.5 Å². The summed E-state index contributed by atoms with van der Waals surface area (Å²) in [5.74, 6) is 1.87. The molecule has 0 radical (unpaired) electrons. The molecular formula is C21H26N4O3S. The van der Waals surface area contributed by atoms with E-state index in [0.29, 0.717) is 18.7 Å². The first-order valence-corrected chi connectivity index (χ1v) is 11.2. The van der Waals surface area contributed by atoms with E-state index in [-0.39, 0.29) is 4.90 Å². The van der Waals surface area contributed by atoms with Crippen LogP contribution in [-0.4, -0.2) is 54.4 Å². The molecule has 3 aromatic rings. The summed E-state index contributed by atoms with van der Waals surface area (Å²) >= 11 is 0. The fourth-order valence-electron chi connectivity index (χ4n) is 3.72. The van der Waals surface area contributed by atoms with Crippen LogP contribution >= 0.6 is 0 Å². The Kier molecular flexibility index (Phi) is 5.33. The van der Waals surface area contributed by atoms with E-state index in [1.165, 1.54) is 24.0 Å². The Balaban J connectivity index is 1.67. The largest absolute Gasteiger partial charge is 0.492 e. The monoisotopic (exact) mass is 414 g/mol. The molecule has 0 atom stereocenters. The van der Waals surface area contributed by atoms with E-state index in [4.69, 9.17) is 9.72 Å². The molecule has 7 nitrogen and oxygen atoms in total. The van der Waals surface area contributed by atoms with Crippen LogP contribution in [0.3, 0.4) is 0 Å². The molecule has 1 aliphatic heterocycles. The summed E-state index contributed by atoms with van der Waals surface area (Å²) in [5, 5.41) is 0. The molecule has 0 amide bonds. The highest BCUT2D eigenvalue weighted by atomic mass is 32.2. The molecule has 0 N–H and O–H groups in total. The average molecular weight is 415 g/mol. The zero-order valence-electron chi connectivity index (χ0n) is 17.0. The summed E-state index contributed by atoms with van der Waals surface area (Å²) in [6, 6.07) is 13.3. The van der Waals surface area contributed by atoms with Gasteiger partial charge in [0, 0.05) is 39.3 Å². The molecule has 0 saturated heterocycles. The second-order valence-electron chi connectivity index (χ2n) is 7.38. The lowest BCUT2D eigenvalue weighted by atomic mass is 10.2. The van der Waals surface area contributed by atoms with Gasteiger partial charge in [-0.2, -0.15) is 0 Å². The number of benzene rings is 2. The number of hydrogen-bond acceptors (Lipinski definition) is 5. The number of nitrogens with zero attached hydrogens (tertiary/aromatic N) is 4. The van der Waals surface area contributed by atoms with Crippen molar-refractivity contribution in [2.75, 3.05) is 27.2 Å². The molecule has 0 saturated carbocycles. The van der Waals surface area contributed by atoms with Gasteiger partial charge in [-0.3, -0.25) is 4.90 Å². The standard InChI is InChI=1S/C21H26N4O3S/c1-4-25-19-10-9-17(29(26,27)23(2)3)13-18(19)22-21(25)15-24-11-12-28-20-8-6-5-7-16(20)14-24/h5-10,13H,4,11-12,14-15H2,1-3H3. The maximum atomic E-state index is 12.5. The molecule has 0 bridgehead atoms. The molecule has 0 unspecified atom stereocenters. The Labute approximate surface area is 171 Å². The van der Waals surface area contributed by atoms with Crippen molar-refractivity contribution >= 4 is 21.1 Å². The molecule has 154 valence electrons. The number of aromatic nitrogens is 2. The Morgan fingerprint density at radius 3 is 2.72 bits per heavy atom. The number of aryl methyl sites for hydroxylation is 1. The lowest BCUT2D eigenvalue weighted by molar-refractivity contribution is 0.214. The number of para-hydroxylation sites is 1. The molecule has 1 aromatic heterocycles. The molecule has 2 heterocycles. The van der Waals surface area contributed by atoms with E-state index in [0.717, 1.165) is 36.7 Å². The van der Waals surface area contributed by atoms with Crippen LogP contribution in [0.1, 0.15) is 18.3 Å². The third-order valence-electron chi connectivity index (χ3n) is 5.29. The van der Waals surface area contributed by atoms with Crippen molar-refractivity contribution in [1.29, 1.82) is 0 Å². The van der Waals surface area contributed by atoms with Crippen molar-refractivity contribution in [3.63, 3.8) is 0 Å². The molecule has 8 heteroatoms. The number of hydrogen-bond donors (Lipinski definition) is 0. The van der Waals surface area contributed by atoms with Crippen molar-refractivity contribution in [3.05, 3.63) is 53.9 Å². The fourth-order valence-corrected chi connectivity index (χ4v) is 4.64. The lowest BCUT2D eigenvalue weighted by Crippen LogP contribution is -2.26. The average Bonchev–Trinajstić information content (AvgIpc) is 2.90. The molecule has 2 aromatic carbocycles. The Morgan fingerprint density at radius 2 is 1.97 bits per heavy atom. The van der Waals surface area contributed by atoms with E-state index in [9.17, 15) is 8.42 Å². The first-order chi connectivity index (χ1) is 13.9. The summed E-state index contributed by atoms with van der Waals surface area (Å²) in [5.41, 5.74) is 2.83. The van der Waals surface area contributed by atoms with Crippen LogP contribution in [0.25, 0.3) is 11.0 Å². The van der Waals surface area contributed by atoms with Gasteiger partial charge >= 0.3 is 0 Å². The molecule has 0 aliphatic carbocycles. The van der Waals surface area contributed by atoms with Crippen LogP contribution in [0, 0.1) is 0 Å². The number of imidazole rings is 1. The van der Waals surface area contributed by atoms with Crippen molar-refractivity contribution in [2.45, 2.75) is 31.5 Å². The molecule has 0 spiro atoms. The molecular weight excluding hydrogens is 388 g/mol. The number of rotatable bonds is 5. The molecule has 0 fully saturated rings. The molecule has 29 heavy (non-hydrogen) atoms. The normalized spacial score (nSPS) is 15.3. The highest BCUT2D eigenvalue weighted by molar-refractivity contribution is 7.89.